The van der Waals surface area contributed by atoms with Gasteiger partial charge in [-0.2, -0.15) is 0 Å². The highest BCUT2D eigenvalue weighted by Gasteiger charge is 2.44. The number of Topliss-reactive ketones (excluding diaryl/α,β-unsaturated/α-hetero) is 1. The van der Waals surface area contributed by atoms with E-state index in [1.807, 2.05) is 0 Å². The van der Waals surface area contributed by atoms with Crippen molar-refractivity contribution in [2.24, 2.45) is 5.73 Å². The van der Waals surface area contributed by atoms with Crippen molar-refractivity contribution >= 4 is 17.4 Å². The average molecular weight is 224 g/mol. The average Bonchev–Trinajstić information content (AvgIpc) is 2.48. The highest BCUT2D eigenvalue weighted by Crippen LogP contribution is 2.36. The minimum atomic E-state index is -1.46. The summed E-state index contributed by atoms with van der Waals surface area (Å²) in [4.78, 5) is 11.7. The molecule has 78 valence electrons. The molecule has 0 fully saturated rings. The first-order chi connectivity index (χ1) is 7.06. The van der Waals surface area contributed by atoms with Gasteiger partial charge in [-0.25, -0.2) is 0 Å². The largest absolute Gasteiger partial charge is 0.510 e. The number of carbonyl (C=O) groups is 1. The minimum Gasteiger partial charge on any atom is -0.510 e. The summed E-state index contributed by atoms with van der Waals surface area (Å²) in [6.07, 6.45) is 1.57. The lowest BCUT2D eigenvalue weighted by atomic mass is 9.88. The van der Waals surface area contributed by atoms with Crippen LogP contribution >= 0.6 is 11.6 Å². The topological polar surface area (TPSA) is 63.3 Å². The Bertz CT molecular complexity index is 456. The van der Waals surface area contributed by atoms with E-state index in [0.29, 0.717) is 10.6 Å². The number of aliphatic hydroxyl groups is 1. The number of rotatable bonds is 1. The minimum absolute atomic E-state index is 0.124. The van der Waals surface area contributed by atoms with Crippen LogP contribution in [-0.2, 0) is 10.3 Å². The summed E-state index contributed by atoms with van der Waals surface area (Å²) in [6.45, 7) is 0. The van der Waals surface area contributed by atoms with Gasteiger partial charge in [0.25, 0.3) is 0 Å². The van der Waals surface area contributed by atoms with Crippen LogP contribution in [0, 0.1) is 0 Å². The number of nitrogens with two attached hydrogens (primary N) is 1. The molecule has 0 bridgehead atoms. The third kappa shape index (κ3) is 1.35. The van der Waals surface area contributed by atoms with E-state index in [2.05, 4.69) is 0 Å². The Labute approximate surface area is 92.2 Å². The van der Waals surface area contributed by atoms with E-state index in [1.165, 1.54) is 6.08 Å². The summed E-state index contributed by atoms with van der Waals surface area (Å²) in [5.41, 5.74) is 4.90. The Hall–Kier alpha value is -1.32. The maximum Gasteiger partial charge on any atom is 0.168 e. The summed E-state index contributed by atoms with van der Waals surface area (Å²) in [5, 5.41) is 10.0. The number of hydrogen-bond donors (Lipinski definition) is 2. The fourth-order valence-corrected chi connectivity index (χ4v) is 2.01. The molecule has 3 N–H and O–H groups in total. The molecule has 1 aromatic carbocycles. The van der Waals surface area contributed by atoms with Gasteiger partial charge in [0.2, 0.25) is 0 Å². The molecule has 1 aliphatic carbocycles. The molecule has 0 aromatic heterocycles. The van der Waals surface area contributed by atoms with Crippen LogP contribution in [0.4, 0.5) is 0 Å². The van der Waals surface area contributed by atoms with Crippen molar-refractivity contribution in [1.29, 1.82) is 0 Å². The van der Waals surface area contributed by atoms with Gasteiger partial charge in [-0.05, 0) is 12.1 Å². The standard InChI is InChI=1S/C11H10ClNO2/c12-8-4-2-1-3-7(8)11(13)9(14)5-6-10(11)15/h1-5,14H,6,13H2/t11-/m0/s1. The van der Waals surface area contributed by atoms with E-state index in [-0.39, 0.29) is 18.0 Å². The predicted octanol–water partition coefficient (Wildman–Crippen LogP) is 1.91. The first-order valence-electron chi connectivity index (χ1n) is 4.53. The number of benzene rings is 1. The molecule has 1 atom stereocenters. The van der Waals surface area contributed by atoms with Crippen LogP contribution in [0.2, 0.25) is 5.02 Å². The van der Waals surface area contributed by atoms with Crippen molar-refractivity contribution in [2.75, 3.05) is 0 Å². The molecule has 0 unspecified atom stereocenters. The second-order valence-electron chi connectivity index (χ2n) is 3.50. The lowest BCUT2D eigenvalue weighted by Crippen LogP contribution is -2.43. The van der Waals surface area contributed by atoms with Gasteiger partial charge in [0.1, 0.15) is 5.76 Å². The van der Waals surface area contributed by atoms with Crippen LogP contribution in [0.1, 0.15) is 12.0 Å². The van der Waals surface area contributed by atoms with Crippen LogP contribution in [0.25, 0.3) is 0 Å². The molecule has 1 aromatic rings. The number of carbonyl (C=O) groups excluding carboxylic acids is 1. The van der Waals surface area contributed by atoms with E-state index in [9.17, 15) is 9.90 Å². The SMILES string of the molecule is N[C@]1(c2ccccc2Cl)C(=O)CC=C1O. The van der Waals surface area contributed by atoms with Gasteiger partial charge < -0.3 is 10.8 Å². The molecule has 15 heavy (non-hydrogen) atoms. The van der Waals surface area contributed by atoms with Crippen LogP contribution in [0.5, 0.6) is 0 Å². The summed E-state index contributed by atoms with van der Waals surface area (Å²) in [5.74, 6) is -0.367. The smallest absolute Gasteiger partial charge is 0.168 e. The van der Waals surface area contributed by atoms with Gasteiger partial charge in [0, 0.05) is 17.0 Å². The molecule has 0 saturated carbocycles. The molecule has 4 heteroatoms. The first-order valence-corrected chi connectivity index (χ1v) is 4.91. The van der Waals surface area contributed by atoms with Gasteiger partial charge in [-0.15, -0.1) is 0 Å². The third-order valence-electron chi connectivity index (χ3n) is 2.62. The monoisotopic (exact) mass is 223 g/mol. The predicted molar refractivity (Wildman–Crippen MR) is 57.7 cm³/mol. The second kappa shape index (κ2) is 3.36. The van der Waals surface area contributed by atoms with E-state index < -0.39 is 5.54 Å². The molecule has 0 aliphatic heterocycles. The fourth-order valence-electron chi connectivity index (χ4n) is 1.72. The molecular weight excluding hydrogens is 214 g/mol. The lowest BCUT2D eigenvalue weighted by Gasteiger charge is -2.24. The molecule has 0 spiro atoms. The van der Waals surface area contributed by atoms with Crippen LogP contribution in [0.3, 0.4) is 0 Å². The maximum atomic E-state index is 11.7. The molecule has 1 aliphatic rings. The number of ketones is 1. The number of hydrogen-bond acceptors (Lipinski definition) is 3. The van der Waals surface area contributed by atoms with Crippen LogP contribution in [0.15, 0.2) is 36.1 Å². The highest BCUT2D eigenvalue weighted by atomic mass is 35.5. The molecular formula is C11H10ClNO2. The summed E-state index contributed by atoms with van der Waals surface area (Å²) < 4.78 is 0. The van der Waals surface area contributed by atoms with Crippen molar-refractivity contribution in [3.05, 3.63) is 46.7 Å². The van der Waals surface area contributed by atoms with Gasteiger partial charge in [0.15, 0.2) is 11.3 Å². The molecule has 3 nitrogen and oxygen atoms in total. The highest BCUT2D eigenvalue weighted by molar-refractivity contribution is 6.32. The van der Waals surface area contributed by atoms with E-state index in [4.69, 9.17) is 17.3 Å². The van der Waals surface area contributed by atoms with Gasteiger partial charge >= 0.3 is 0 Å². The number of halogens is 1. The molecule has 0 amide bonds. The second-order valence-corrected chi connectivity index (χ2v) is 3.91. The molecule has 0 heterocycles. The van der Waals surface area contributed by atoms with Gasteiger partial charge in [0.05, 0.1) is 0 Å². The van der Waals surface area contributed by atoms with E-state index in [1.54, 1.807) is 24.3 Å². The molecule has 0 saturated heterocycles. The third-order valence-corrected chi connectivity index (χ3v) is 2.95. The van der Waals surface area contributed by atoms with Crippen molar-refractivity contribution in [1.82, 2.24) is 0 Å². The zero-order chi connectivity index (χ0) is 11.1. The van der Waals surface area contributed by atoms with Gasteiger partial charge in [-0.1, -0.05) is 29.8 Å². The quantitative estimate of drug-likeness (QED) is 0.765. The summed E-state index contributed by atoms with van der Waals surface area (Å²) >= 11 is 5.95. The van der Waals surface area contributed by atoms with Crippen LogP contribution in [-0.4, -0.2) is 10.9 Å². The van der Waals surface area contributed by atoms with E-state index in [0.717, 1.165) is 0 Å². The lowest BCUT2D eigenvalue weighted by molar-refractivity contribution is -0.122. The number of allylic oxidation sites excluding steroid dienone is 1. The zero-order valence-corrected chi connectivity index (χ0v) is 8.66. The molecule has 2 rings (SSSR count). The number of aliphatic hydroxyl groups excluding tert-OH is 1. The Kier molecular flexibility index (Phi) is 2.29. The van der Waals surface area contributed by atoms with Crippen LogP contribution < -0.4 is 5.73 Å². The van der Waals surface area contributed by atoms with Crippen molar-refractivity contribution in [3.8, 4) is 0 Å². The van der Waals surface area contributed by atoms with Crippen molar-refractivity contribution in [3.63, 3.8) is 0 Å². The fraction of sp³-hybridized carbons (Fsp3) is 0.182. The Morgan fingerprint density at radius 1 is 1.40 bits per heavy atom. The molecule has 0 radical (unpaired) electrons. The van der Waals surface area contributed by atoms with Crippen molar-refractivity contribution in [2.45, 2.75) is 12.0 Å². The van der Waals surface area contributed by atoms with Crippen molar-refractivity contribution < 1.29 is 9.90 Å². The van der Waals surface area contributed by atoms with Gasteiger partial charge in [-0.3, -0.25) is 4.79 Å². The Morgan fingerprint density at radius 2 is 2.07 bits per heavy atom. The van der Waals surface area contributed by atoms with E-state index >= 15 is 0 Å². The normalized spacial score (nSPS) is 25.5. The first kappa shape index (κ1) is 10.2. The maximum absolute atomic E-state index is 11.7. The Balaban J connectivity index is 2.60. The Morgan fingerprint density at radius 3 is 2.60 bits per heavy atom. The summed E-state index contributed by atoms with van der Waals surface area (Å²) in [7, 11) is 0. The summed E-state index contributed by atoms with van der Waals surface area (Å²) in [6, 6.07) is 6.77. The zero-order valence-electron chi connectivity index (χ0n) is 7.90.